The smallest absolute Gasteiger partial charge is 0.278 e. The van der Waals surface area contributed by atoms with E-state index in [1.165, 1.54) is 4.68 Å². The van der Waals surface area contributed by atoms with Gasteiger partial charge in [-0.05, 0) is 43.7 Å². The van der Waals surface area contributed by atoms with Crippen molar-refractivity contribution in [1.82, 2.24) is 29.0 Å². The highest BCUT2D eigenvalue weighted by molar-refractivity contribution is 5.93. The Morgan fingerprint density at radius 3 is 2.47 bits per heavy atom. The summed E-state index contributed by atoms with van der Waals surface area (Å²) in [6, 6.07) is 18.0. The average molecular weight is 455 g/mol. The second-order valence-electron chi connectivity index (χ2n) is 8.18. The van der Waals surface area contributed by atoms with Gasteiger partial charge in [-0.25, -0.2) is 9.36 Å². The van der Waals surface area contributed by atoms with Crippen LogP contribution in [0.15, 0.2) is 78.0 Å². The van der Waals surface area contributed by atoms with Crippen LogP contribution in [0.1, 0.15) is 19.4 Å². The third-order valence-electron chi connectivity index (χ3n) is 6.15. The Labute approximate surface area is 197 Å². The highest BCUT2D eigenvalue weighted by atomic mass is 16.2. The van der Waals surface area contributed by atoms with Gasteiger partial charge in [-0.2, -0.15) is 10.2 Å². The molecule has 0 atom stereocenters. The molecule has 0 unspecified atom stereocenters. The molecule has 34 heavy (non-hydrogen) atoms. The first-order valence-corrected chi connectivity index (χ1v) is 11.4. The molecule has 8 heteroatoms. The maximum atomic E-state index is 13.2. The van der Waals surface area contributed by atoms with E-state index in [-0.39, 0.29) is 18.0 Å². The van der Waals surface area contributed by atoms with E-state index in [1.54, 1.807) is 11.1 Å². The summed E-state index contributed by atoms with van der Waals surface area (Å²) in [5.41, 5.74) is 3.95. The summed E-state index contributed by atoms with van der Waals surface area (Å²) in [4.78, 5) is 27.5. The molecular formula is C26H26N6O2. The molecule has 2 aromatic carbocycles. The summed E-state index contributed by atoms with van der Waals surface area (Å²) < 4.78 is 5.18. The Balaban J connectivity index is 1.53. The van der Waals surface area contributed by atoms with Gasteiger partial charge in [0.25, 0.3) is 5.56 Å². The van der Waals surface area contributed by atoms with Crippen LogP contribution in [-0.2, 0) is 17.9 Å². The van der Waals surface area contributed by atoms with Crippen molar-refractivity contribution in [3.8, 4) is 16.9 Å². The Bertz CT molecular complexity index is 1460. The Morgan fingerprint density at radius 1 is 1.00 bits per heavy atom. The Morgan fingerprint density at radius 2 is 1.76 bits per heavy atom. The van der Waals surface area contributed by atoms with Crippen molar-refractivity contribution in [3.63, 3.8) is 0 Å². The predicted molar refractivity (Wildman–Crippen MR) is 131 cm³/mol. The normalized spacial score (nSPS) is 11.4. The largest absolute Gasteiger partial charge is 0.342 e. The van der Waals surface area contributed by atoms with Crippen molar-refractivity contribution in [1.29, 1.82) is 0 Å². The zero-order chi connectivity index (χ0) is 23.7. The van der Waals surface area contributed by atoms with E-state index in [9.17, 15) is 9.59 Å². The molecule has 0 saturated carbocycles. The number of carbonyl (C=O) groups excluding carboxylic acids is 1. The number of benzene rings is 2. The van der Waals surface area contributed by atoms with Gasteiger partial charge in [0.15, 0.2) is 0 Å². The van der Waals surface area contributed by atoms with Gasteiger partial charge < -0.3 is 9.47 Å². The monoisotopic (exact) mass is 454 g/mol. The summed E-state index contributed by atoms with van der Waals surface area (Å²) in [6.07, 6.45) is 5.51. The topological polar surface area (TPSA) is 78.0 Å². The minimum atomic E-state index is -0.246. The molecule has 0 bridgehead atoms. The number of carbonyl (C=O) groups is 1. The Hall–Kier alpha value is -4.20. The lowest BCUT2D eigenvalue weighted by Gasteiger charge is -2.17. The molecule has 0 aliphatic carbocycles. The molecule has 8 nitrogen and oxygen atoms in total. The van der Waals surface area contributed by atoms with Gasteiger partial charge in [-0.3, -0.25) is 9.59 Å². The molecule has 0 fully saturated rings. The zero-order valence-electron chi connectivity index (χ0n) is 19.3. The fraction of sp³-hybridized carbons (Fsp3) is 0.231. The van der Waals surface area contributed by atoms with Crippen molar-refractivity contribution in [2.24, 2.45) is 0 Å². The third-order valence-corrected chi connectivity index (χ3v) is 6.15. The summed E-state index contributed by atoms with van der Waals surface area (Å²) in [5.74, 6) is -0.107. The zero-order valence-corrected chi connectivity index (χ0v) is 19.3. The van der Waals surface area contributed by atoms with Gasteiger partial charge in [0.05, 0.1) is 16.8 Å². The van der Waals surface area contributed by atoms with Crippen molar-refractivity contribution < 1.29 is 4.79 Å². The molecule has 2 aliphatic heterocycles. The molecule has 172 valence electrons. The number of hydrogen-bond acceptors (Lipinski definition) is 4. The molecule has 0 radical (unpaired) electrons. The van der Waals surface area contributed by atoms with E-state index < -0.39 is 0 Å². The molecular weight excluding hydrogens is 428 g/mol. The second kappa shape index (κ2) is 8.97. The lowest BCUT2D eigenvalue weighted by molar-refractivity contribution is -0.131. The first-order valence-electron chi connectivity index (χ1n) is 11.4. The van der Waals surface area contributed by atoms with Gasteiger partial charge in [-0.1, -0.05) is 30.3 Å². The Kier molecular flexibility index (Phi) is 5.71. The molecule has 3 aromatic rings. The number of rotatable bonds is 7. The summed E-state index contributed by atoms with van der Waals surface area (Å²) >= 11 is 0. The van der Waals surface area contributed by atoms with E-state index >= 15 is 0 Å². The van der Waals surface area contributed by atoms with Crippen LogP contribution in [0.3, 0.4) is 0 Å². The van der Waals surface area contributed by atoms with Crippen LogP contribution in [0.5, 0.6) is 0 Å². The van der Waals surface area contributed by atoms with Crippen LogP contribution in [0.2, 0.25) is 0 Å². The molecule has 5 rings (SSSR count). The highest BCUT2D eigenvalue weighted by Gasteiger charge is 2.22. The minimum absolute atomic E-state index is 0.0571. The van der Waals surface area contributed by atoms with Crippen LogP contribution in [0.4, 0.5) is 0 Å². The van der Waals surface area contributed by atoms with Crippen LogP contribution in [-0.4, -0.2) is 48.0 Å². The molecule has 1 amide bonds. The molecule has 0 N–H and O–H groups in total. The van der Waals surface area contributed by atoms with Crippen LogP contribution in [0, 0.1) is 0 Å². The first kappa shape index (κ1) is 21.6. The number of pyridine rings is 1. The number of amides is 1. The number of para-hydroxylation sites is 1. The standard InChI is InChI=1S/C26H26N6O2/c1-3-29(4-2)24(33)18-32-26(34)22-17-30(23-9-6-5-8-21(23)25(22)28-32)16-19-10-12-20(13-11-19)31-15-7-14-27-31/h5-15,17H,3-4,16,18H2,1-2H3. The van der Waals surface area contributed by atoms with Crippen LogP contribution < -0.4 is 5.56 Å². The molecule has 3 heterocycles. The van der Waals surface area contributed by atoms with E-state index in [2.05, 4.69) is 26.9 Å². The molecule has 0 spiro atoms. The predicted octanol–water partition coefficient (Wildman–Crippen LogP) is 3.41. The minimum Gasteiger partial charge on any atom is -0.342 e. The number of fused-ring (bicyclic) bond motifs is 3. The van der Waals surface area contributed by atoms with Gasteiger partial charge >= 0.3 is 0 Å². The molecule has 0 saturated heterocycles. The molecule has 1 aromatic heterocycles. The highest BCUT2D eigenvalue weighted by Crippen LogP contribution is 2.28. The summed E-state index contributed by atoms with van der Waals surface area (Å²) in [7, 11) is 0. The number of aromatic nitrogens is 5. The number of nitrogens with zero attached hydrogens (tertiary/aromatic N) is 6. The lowest BCUT2D eigenvalue weighted by atomic mass is 10.1. The van der Waals surface area contributed by atoms with Crippen LogP contribution >= 0.6 is 0 Å². The maximum absolute atomic E-state index is 13.2. The van der Waals surface area contributed by atoms with Gasteiger partial charge in [0, 0.05) is 43.6 Å². The third kappa shape index (κ3) is 3.87. The van der Waals surface area contributed by atoms with Gasteiger partial charge in [0.2, 0.25) is 5.91 Å². The van der Waals surface area contributed by atoms with E-state index in [1.807, 2.05) is 73.4 Å². The maximum Gasteiger partial charge on any atom is 0.278 e. The fourth-order valence-electron chi connectivity index (χ4n) is 4.34. The van der Waals surface area contributed by atoms with Crippen LogP contribution in [0.25, 0.3) is 27.8 Å². The average Bonchev–Trinajstić information content (AvgIpc) is 3.50. The summed E-state index contributed by atoms with van der Waals surface area (Å²) in [5, 5.41) is 9.71. The van der Waals surface area contributed by atoms with E-state index in [0.717, 1.165) is 22.2 Å². The summed E-state index contributed by atoms with van der Waals surface area (Å²) in [6.45, 7) is 5.60. The van der Waals surface area contributed by atoms with Gasteiger partial charge in [0.1, 0.15) is 12.2 Å². The van der Waals surface area contributed by atoms with Crippen molar-refractivity contribution in [3.05, 3.63) is 89.1 Å². The first-order chi connectivity index (χ1) is 16.6. The van der Waals surface area contributed by atoms with E-state index in [4.69, 9.17) is 0 Å². The lowest BCUT2D eigenvalue weighted by Crippen LogP contribution is -2.35. The molecule has 2 aliphatic rings. The quantitative estimate of drug-likeness (QED) is 0.378. The van der Waals surface area contributed by atoms with E-state index in [0.29, 0.717) is 30.9 Å². The van der Waals surface area contributed by atoms with Crippen molar-refractivity contribution >= 4 is 16.8 Å². The second-order valence-corrected chi connectivity index (χ2v) is 8.18. The SMILES string of the molecule is CCN(CC)C(=O)Cn1nc2c3ccccc3n(Cc3ccc(-n4cccn4)cc3)cc-2c1=O. The van der Waals surface area contributed by atoms with Crippen molar-refractivity contribution in [2.75, 3.05) is 13.1 Å². The number of hydrogen-bond donors (Lipinski definition) is 0. The number of likely N-dealkylation sites (N-methyl/N-ethyl adjacent to an activating group) is 1. The fourth-order valence-corrected chi connectivity index (χ4v) is 4.34. The van der Waals surface area contributed by atoms with Gasteiger partial charge in [-0.15, -0.1) is 0 Å². The van der Waals surface area contributed by atoms with Crippen molar-refractivity contribution in [2.45, 2.75) is 26.9 Å².